The van der Waals surface area contributed by atoms with Gasteiger partial charge >= 0.3 is 0 Å². The fourth-order valence-electron chi connectivity index (χ4n) is 1.79. The zero-order valence-electron chi connectivity index (χ0n) is 10.8. The fraction of sp³-hybridized carbons (Fsp3) is 0.286. The van der Waals surface area contributed by atoms with Crippen LogP contribution >= 0.6 is 0 Å². The lowest BCUT2D eigenvalue weighted by Gasteiger charge is -2.04. The van der Waals surface area contributed by atoms with Crippen LogP contribution in [-0.2, 0) is 6.54 Å². The minimum atomic E-state index is -1.47. The Morgan fingerprint density at radius 3 is 2.30 bits per heavy atom. The first-order chi connectivity index (χ1) is 9.54. The summed E-state index contributed by atoms with van der Waals surface area (Å²) in [7, 11) is 0. The molecule has 0 unspecified atom stereocenters. The van der Waals surface area contributed by atoms with Crippen molar-refractivity contribution in [2.45, 2.75) is 19.9 Å². The highest BCUT2D eigenvalue weighted by atomic mass is 19.2. The molecule has 0 aliphatic carbocycles. The van der Waals surface area contributed by atoms with Crippen molar-refractivity contribution in [2.24, 2.45) is 0 Å². The average Bonchev–Trinajstić information content (AvgIpc) is 2.86. The van der Waals surface area contributed by atoms with Gasteiger partial charge in [0.15, 0.2) is 23.3 Å². The molecule has 0 saturated carbocycles. The van der Waals surface area contributed by atoms with Crippen LogP contribution < -0.4 is 5.32 Å². The first kappa shape index (κ1) is 14.6. The lowest BCUT2D eigenvalue weighted by molar-refractivity contribution is 0.445. The summed E-state index contributed by atoms with van der Waals surface area (Å²) in [6, 6.07) is 2.95. The summed E-state index contributed by atoms with van der Waals surface area (Å²) in [5.41, 5.74) is -0.829. The van der Waals surface area contributed by atoms with E-state index in [1.165, 1.54) is 12.1 Å². The van der Waals surface area contributed by atoms with E-state index >= 15 is 0 Å². The Balaban J connectivity index is 2.33. The second-order valence-electron chi connectivity index (χ2n) is 4.29. The van der Waals surface area contributed by atoms with Crippen molar-refractivity contribution in [1.29, 1.82) is 0 Å². The first-order valence-corrected chi connectivity index (χ1v) is 6.17. The molecule has 0 aliphatic heterocycles. The monoisotopic (exact) mass is 287 g/mol. The van der Waals surface area contributed by atoms with Gasteiger partial charge < -0.3 is 9.73 Å². The van der Waals surface area contributed by atoms with Gasteiger partial charge in [-0.15, -0.1) is 0 Å². The van der Waals surface area contributed by atoms with E-state index in [4.69, 9.17) is 4.42 Å². The van der Waals surface area contributed by atoms with Crippen molar-refractivity contribution in [1.82, 2.24) is 5.32 Å². The Bertz CT molecular complexity index is 583. The number of rotatable bonds is 5. The van der Waals surface area contributed by atoms with Gasteiger partial charge in [-0.25, -0.2) is 17.6 Å². The number of hydrogen-bond donors (Lipinski definition) is 1. The molecule has 0 radical (unpaired) electrons. The predicted molar refractivity (Wildman–Crippen MR) is 66.0 cm³/mol. The number of hydrogen-bond acceptors (Lipinski definition) is 2. The minimum Gasteiger partial charge on any atom is -0.460 e. The van der Waals surface area contributed by atoms with E-state index in [1.54, 1.807) is 0 Å². The zero-order chi connectivity index (χ0) is 14.7. The molecule has 1 aromatic heterocycles. The quantitative estimate of drug-likeness (QED) is 0.511. The van der Waals surface area contributed by atoms with Gasteiger partial charge in [0, 0.05) is 6.07 Å². The van der Waals surface area contributed by atoms with Crippen LogP contribution in [-0.4, -0.2) is 6.54 Å². The van der Waals surface area contributed by atoms with E-state index in [-0.39, 0.29) is 11.8 Å². The summed E-state index contributed by atoms with van der Waals surface area (Å²) >= 11 is 0. The van der Waals surface area contributed by atoms with Crippen molar-refractivity contribution >= 4 is 0 Å². The topological polar surface area (TPSA) is 25.2 Å². The zero-order valence-corrected chi connectivity index (χ0v) is 10.8. The van der Waals surface area contributed by atoms with Gasteiger partial charge in [-0.05, 0) is 25.1 Å². The summed E-state index contributed by atoms with van der Waals surface area (Å²) in [5.74, 6) is -5.66. The van der Waals surface area contributed by atoms with Gasteiger partial charge in [-0.2, -0.15) is 0 Å². The second kappa shape index (κ2) is 6.09. The molecule has 0 fully saturated rings. The Morgan fingerprint density at radius 2 is 1.70 bits per heavy atom. The summed E-state index contributed by atoms with van der Waals surface area (Å²) in [6.07, 6.45) is 0.923. The van der Waals surface area contributed by atoms with Crippen LogP contribution in [0.25, 0.3) is 11.3 Å². The summed E-state index contributed by atoms with van der Waals surface area (Å²) in [5, 5.41) is 3.04. The molecular formula is C14H13F4NO. The van der Waals surface area contributed by atoms with E-state index < -0.39 is 28.8 Å². The molecule has 20 heavy (non-hydrogen) atoms. The molecule has 0 amide bonds. The Kier molecular flexibility index (Phi) is 4.44. The van der Waals surface area contributed by atoms with Gasteiger partial charge in [-0.3, -0.25) is 0 Å². The van der Waals surface area contributed by atoms with Crippen molar-refractivity contribution in [3.05, 3.63) is 47.2 Å². The minimum absolute atomic E-state index is 0.167. The predicted octanol–water partition coefficient (Wildman–Crippen LogP) is 4.00. The van der Waals surface area contributed by atoms with Crippen LogP contribution in [0.4, 0.5) is 17.6 Å². The lowest BCUT2D eigenvalue weighted by atomic mass is 10.1. The lowest BCUT2D eigenvalue weighted by Crippen LogP contribution is -2.12. The average molecular weight is 287 g/mol. The highest BCUT2D eigenvalue weighted by Crippen LogP contribution is 2.30. The van der Waals surface area contributed by atoms with Crippen LogP contribution in [0.5, 0.6) is 0 Å². The fourth-order valence-corrected chi connectivity index (χ4v) is 1.79. The Hall–Kier alpha value is -1.82. The summed E-state index contributed by atoms with van der Waals surface area (Å²) in [4.78, 5) is 0. The third kappa shape index (κ3) is 2.85. The molecular weight excluding hydrogens is 274 g/mol. The third-order valence-corrected chi connectivity index (χ3v) is 2.75. The molecule has 0 spiro atoms. The maximum absolute atomic E-state index is 13.6. The van der Waals surface area contributed by atoms with Crippen LogP contribution in [0.3, 0.4) is 0 Å². The van der Waals surface area contributed by atoms with Crippen LogP contribution in [0.1, 0.15) is 19.1 Å². The van der Waals surface area contributed by atoms with E-state index in [0.717, 1.165) is 13.0 Å². The smallest absolute Gasteiger partial charge is 0.172 e. The van der Waals surface area contributed by atoms with Crippen molar-refractivity contribution in [3.8, 4) is 11.3 Å². The number of halogens is 4. The summed E-state index contributed by atoms with van der Waals surface area (Å²) < 4.78 is 58.6. The molecule has 2 nitrogen and oxygen atoms in total. The molecule has 0 aliphatic rings. The van der Waals surface area contributed by atoms with Crippen LogP contribution in [0, 0.1) is 23.3 Å². The molecule has 108 valence electrons. The maximum atomic E-state index is 13.6. The first-order valence-electron chi connectivity index (χ1n) is 6.17. The maximum Gasteiger partial charge on any atom is 0.172 e. The van der Waals surface area contributed by atoms with E-state index in [9.17, 15) is 17.6 Å². The second-order valence-corrected chi connectivity index (χ2v) is 4.29. The van der Waals surface area contributed by atoms with E-state index in [1.807, 2.05) is 6.92 Å². The molecule has 2 aromatic rings. The molecule has 1 N–H and O–H groups in total. The van der Waals surface area contributed by atoms with E-state index in [2.05, 4.69) is 5.32 Å². The van der Waals surface area contributed by atoms with Crippen molar-refractivity contribution < 1.29 is 22.0 Å². The third-order valence-electron chi connectivity index (χ3n) is 2.75. The molecule has 0 atom stereocenters. The van der Waals surface area contributed by atoms with Gasteiger partial charge in [0.2, 0.25) is 0 Å². The van der Waals surface area contributed by atoms with Gasteiger partial charge in [0.1, 0.15) is 11.5 Å². The largest absolute Gasteiger partial charge is 0.460 e. The number of furan rings is 1. The molecule has 1 aromatic carbocycles. The molecule has 0 saturated heterocycles. The van der Waals surface area contributed by atoms with Crippen molar-refractivity contribution in [3.63, 3.8) is 0 Å². The molecule has 1 heterocycles. The number of nitrogens with one attached hydrogen (secondary N) is 1. The highest BCUT2D eigenvalue weighted by molar-refractivity contribution is 5.59. The summed E-state index contributed by atoms with van der Waals surface area (Å²) in [6.45, 7) is 3.11. The Morgan fingerprint density at radius 1 is 1.05 bits per heavy atom. The SMILES string of the molecule is CCCNCc1ccc(-c2c(F)c(F)cc(F)c2F)o1. The van der Waals surface area contributed by atoms with Gasteiger partial charge in [0.05, 0.1) is 12.1 Å². The number of benzene rings is 1. The Labute approximate surface area is 113 Å². The van der Waals surface area contributed by atoms with Crippen LogP contribution in [0.15, 0.2) is 22.6 Å². The molecule has 2 rings (SSSR count). The molecule has 6 heteroatoms. The molecule has 0 bridgehead atoms. The standard InChI is InChI=1S/C14H13F4NO/c1-2-5-19-7-8-3-4-11(20-8)12-13(17)9(15)6-10(16)14(12)18/h3-4,6,19H,2,5,7H2,1H3. The van der Waals surface area contributed by atoms with Gasteiger partial charge in [0.25, 0.3) is 0 Å². The van der Waals surface area contributed by atoms with Crippen molar-refractivity contribution in [2.75, 3.05) is 6.54 Å². The highest BCUT2D eigenvalue weighted by Gasteiger charge is 2.22. The van der Waals surface area contributed by atoms with Gasteiger partial charge in [-0.1, -0.05) is 6.92 Å². The van der Waals surface area contributed by atoms with Crippen LogP contribution in [0.2, 0.25) is 0 Å². The van der Waals surface area contributed by atoms with E-state index in [0.29, 0.717) is 12.3 Å². The normalized spacial score (nSPS) is 11.1.